The van der Waals surface area contributed by atoms with E-state index < -0.39 is 0 Å². The number of hydrogen-bond donors (Lipinski definition) is 0. The number of hydrogen-bond acceptors (Lipinski definition) is 2. The molecule has 17 heavy (non-hydrogen) atoms. The number of alkyl halides is 1. The van der Waals surface area contributed by atoms with Gasteiger partial charge in [-0.3, -0.25) is 0 Å². The number of rotatable bonds is 7. The fraction of sp³-hybridized carbons (Fsp3) is 1.00. The summed E-state index contributed by atoms with van der Waals surface area (Å²) in [7, 11) is 0. The average Bonchev–Trinajstić information content (AvgIpc) is 2.28. The highest BCUT2D eigenvalue weighted by atomic mass is 79.9. The van der Waals surface area contributed by atoms with E-state index in [0.717, 1.165) is 17.2 Å². The number of halogens is 1. The summed E-state index contributed by atoms with van der Waals surface area (Å²) >= 11 is 3.53. The van der Waals surface area contributed by atoms with Gasteiger partial charge in [-0.05, 0) is 31.2 Å². The second-order valence-electron chi connectivity index (χ2n) is 5.91. The van der Waals surface area contributed by atoms with Gasteiger partial charge < -0.3 is 9.80 Å². The van der Waals surface area contributed by atoms with Crippen molar-refractivity contribution in [3.8, 4) is 0 Å². The van der Waals surface area contributed by atoms with Crippen LogP contribution in [0.4, 0.5) is 0 Å². The molecule has 2 nitrogen and oxygen atoms in total. The van der Waals surface area contributed by atoms with Crippen LogP contribution in [0.25, 0.3) is 0 Å². The van der Waals surface area contributed by atoms with E-state index in [1.54, 1.807) is 0 Å². The van der Waals surface area contributed by atoms with Crippen LogP contribution in [0.2, 0.25) is 0 Å². The molecule has 3 heteroatoms. The first-order chi connectivity index (χ1) is 8.11. The van der Waals surface area contributed by atoms with Gasteiger partial charge in [0.1, 0.15) is 0 Å². The first kappa shape index (κ1) is 15.5. The fourth-order valence-corrected chi connectivity index (χ4v) is 3.23. The Morgan fingerprint density at radius 1 is 0.941 bits per heavy atom. The maximum atomic E-state index is 3.53. The van der Waals surface area contributed by atoms with E-state index in [0.29, 0.717) is 0 Å². The highest BCUT2D eigenvalue weighted by molar-refractivity contribution is 9.09. The normalized spacial score (nSPS) is 21.0. The van der Waals surface area contributed by atoms with Gasteiger partial charge in [0.2, 0.25) is 0 Å². The van der Waals surface area contributed by atoms with Gasteiger partial charge in [0.15, 0.2) is 0 Å². The van der Waals surface area contributed by atoms with Gasteiger partial charge in [0.05, 0.1) is 0 Å². The highest BCUT2D eigenvalue weighted by Crippen LogP contribution is 2.12. The molecule has 0 aromatic heterocycles. The molecule has 0 aromatic rings. The zero-order valence-corrected chi connectivity index (χ0v) is 13.4. The van der Waals surface area contributed by atoms with E-state index in [2.05, 4.69) is 46.5 Å². The standard InChI is InChI=1S/C14H29BrN2/c1-13(2)12-17-10-8-16(9-11-17)7-5-14(3)4-6-15/h13-14H,4-12H2,1-3H3. The predicted molar refractivity (Wildman–Crippen MR) is 79.9 cm³/mol. The van der Waals surface area contributed by atoms with Gasteiger partial charge in [-0.15, -0.1) is 0 Å². The van der Waals surface area contributed by atoms with E-state index in [-0.39, 0.29) is 0 Å². The average molecular weight is 305 g/mol. The third-order valence-corrected chi connectivity index (χ3v) is 4.09. The van der Waals surface area contributed by atoms with Gasteiger partial charge in [-0.25, -0.2) is 0 Å². The maximum Gasteiger partial charge on any atom is 0.0110 e. The van der Waals surface area contributed by atoms with Crippen LogP contribution in [0.15, 0.2) is 0 Å². The molecule has 1 unspecified atom stereocenters. The zero-order chi connectivity index (χ0) is 12.7. The Bertz CT molecular complexity index is 189. The summed E-state index contributed by atoms with van der Waals surface area (Å²) in [6.45, 7) is 14.6. The summed E-state index contributed by atoms with van der Waals surface area (Å²) in [5.41, 5.74) is 0. The molecule has 1 saturated heterocycles. The summed E-state index contributed by atoms with van der Waals surface area (Å²) in [6.07, 6.45) is 2.67. The summed E-state index contributed by atoms with van der Waals surface area (Å²) in [5.74, 6) is 1.67. The summed E-state index contributed by atoms with van der Waals surface area (Å²) in [5, 5.41) is 1.15. The Labute approximate surface area is 116 Å². The van der Waals surface area contributed by atoms with Gasteiger partial charge in [-0.2, -0.15) is 0 Å². The Hall–Kier alpha value is 0.400. The third-order valence-electron chi connectivity index (χ3n) is 3.63. The van der Waals surface area contributed by atoms with Crippen LogP contribution in [0, 0.1) is 11.8 Å². The van der Waals surface area contributed by atoms with Crippen molar-refractivity contribution in [2.24, 2.45) is 11.8 Å². The Morgan fingerprint density at radius 2 is 1.53 bits per heavy atom. The molecular formula is C14H29BrN2. The lowest BCUT2D eigenvalue weighted by Gasteiger charge is -2.35. The minimum absolute atomic E-state index is 0.806. The van der Waals surface area contributed by atoms with Crippen LogP contribution in [0.5, 0.6) is 0 Å². The molecule has 1 aliphatic rings. The lowest BCUT2D eigenvalue weighted by Crippen LogP contribution is -2.47. The zero-order valence-electron chi connectivity index (χ0n) is 11.8. The van der Waals surface area contributed by atoms with Crippen molar-refractivity contribution >= 4 is 15.9 Å². The van der Waals surface area contributed by atoms with Crippen LogP contribution < -0.4 is 0 Å². The molecule has 0 saturated carbocycles. The summed E-state index contributed by atoms with van der Waals surface area (Å²) < 4.78 is 0. The molecule has 0 N–H and O–H groups in total. The molecular weight excluding hydrogens is 276 g/mol. The van der Waals surface area contributed by atoms with E-state index in [4.69, 9.17) is 0 Å². The lowest BCUT2D eigenvalue weighted by atomic mass is 10.0. The predicted octanol–water partition coefficient (Wildman–Crippen LogP) is 3.07. The van der Waals surface area contributed by atoms with Crippen LogP contribution in [-0.2, 0) is 0 Å². The molecule has 1 rings (SSSR count). The van der Waals surface area contributed by atoms with Crippen LogP contribution >= 0.6 is 15.9 Å². The molecule has 1 atom stereocenters. The van der Waals surface area contributed by atoms with Crippen LogP contribution in [0.1, 0.15) is 33.6 Å². The molecule has 102 valence electrons. The first-order valence-corrected chi connectivity index (χ1v) is 8.24. The van der Waals surface area contributed by atoms with Gasteiger partial charge in [0, 0.05) is 38.1 Å². The SMILES string of the molecule is CC(C)CN1CCN(CCC(C)CCBr)CC1. The monoisotopic (exact) mass is 304 g/mol. The van der Waals surface area contributed by atoms with Crippen molar-refractivity contribution in [3.05, 3.63) is 0 Å². The second-order valence-corrected chi connectivity index (χ2v) is 6.70. The maximum absolute atomic E-state index is 3.53. The molecule has 1 heterocycles. The van der Waals surface area contributed by atoms with Crippen molar-refractivity contribution in [2.75, 3.05) is 44.6 Å². The van der Waals surface area contributed by atoms with Crippen molar-refractivity contribution in [2.45, 2.75) is 33.6 Å². The Balaban J connectivity index is 2.10. The molecule has 0 spiro atoms. The number of nitrogens with zero attached hydrogens (tertiary/aromatic N) is 2. The smallest absolute Gasteiger partial charge is 0.0110 e. The largest absolute Gasteiger partial charge is 0.301 e. The third kappa shape index (κ3) is 6.78. The van der Waals surface area contributed by atoms with Crippen molar-refractivity contribution in [1.82, 2.24) is 9.80 Å². The van der Waals surface area contributed by atoms with E-state index in [1.165, 1.54) is 52.1 Å². The highest BCUT2D eigenvalue weighted by Gasteiger charge is 2.17. The molecule has 0 radical (unpaired) electrons. The topological polar surface area (TPSA) is 6.48 Å². The molecule has 0 aliphatic carbocycles. The molecule has 1 aliphatic heterocycles. The minimum atomic E-state index is 0.806. The molecule has 0 aromatic carbocycles. The lowest BCUT2D eigenvalue weighted by molar-refractivity contribution is 0.118. The second kappa shape index (κ2) is 8.49. The quantitative estimate of drug-likeness (QED) is 0.667. The van der Waals surface area contributed by atoms with Gasteiger partial charge >= 0.3 is 0 Å². The van der Waals surface area contributed by atoms with Crippen LogP contribution in [-0.4, -0.2) is 54.4 Å². The Morgan fingerprint density at radius 3 is 2.06 bits per heavy atom. The van der Waals surface area contributed by atoms with E-state index in [1.807, 2.05) is 0 Å². The van der Waals surface area contributed by atoms with E-state index in [9.17, 15) is 0 Å². The van der Waals surface area contributed by atoms with Gasteiger partial charge in [0.25, 0.3) is 0 Å². The Kier molecular flexibility index (Phi) is 7.72. The molecule has 0 amide bonds. The molecule has 1 fully saturated rings. The first-order valence-electron chi connectivity index (χ1n) is 7.12. The molecule has 0 bridgehead atoms. The van der Waals surface area contributed by atoms with Gasteiger partial charge in [-0.1, -0.05) is 36.7 Å². The fourth-order valence-electron chi connectivity index (χ4n) is 2.45. The number of piperazine rings is 1. The summed E-state index contributed by atoms with van der Waals surface area (Å²) in [4.78, 5) is 5.25. The minimum Gasteiger partial charge on any atom is -0.301 e. The van der Waals surface area contributed by atoms with Crippen molar-refractivity contribution < 1.29 is 0 Å². The van der Waals surface area contributed by atoms with Crippen molar-refractivity contribution in [1.29, 1.82) is 0 Å². The summed E-state index contributed by atoms with van der Waals surface area (Å²) in [6, 6.07) is 0. The van der Waals surface area contributed by atoms with E-state index >= 15 is 0 Å². The van der Waals surface area contributed by atoms with Crippen LogP contribution in [0.3, 0.4) is 0 Å². The van der Waals surface area contributed by atoms with Crippen molar-refractivity contribution in [3.63, 3.8) is 0 Å².